The van der Waals surface area contributed by atoms with Crippen LogP contribution in [0.2, 0.25) is 0 Å². The molecule has 1 saturated heterocycles. The first-order valence-electron chi connectivity index (χ1n) is 9.87. The lowest BCUT2D eigenvalue weighted by Gasteiger charge is -2.27. The maximum absolute atomic E-state index is 13.1. The number of ether oxygens (including phenoxy) is 1. The van der Waals surface area contributed by atoms with Crippen LogP contribution in [0.5, 0.6) is 5.75 Å². The van der Waals surface area contributed by atoms with Gasteiger partial charge < -0.3 is 15.4 Å². The highest BCUT2D eigenvalue weighted by Crippen LogP contribution is 2.38. The fourth-order valence-electron chi connectivity index (χ4n) is 4.13. The summed E-state index contributed by atoms with van der Waals surface area (Å²) < 4.78 is 5.23. The summed E-state index contributed by atoms with van der Waals surface area (Å²) in [6, 6.07) is 19.3. The number of nitrogens with zero attached hydrogens (tertiary/aromatic N) is 1. The van der Waals surface area contributed by atoms with E-state index in [0.717, 1.165) is 16.0 Å². The van der Waals surface area contributed by atoms with Crippen LogP contribution in [0.15, 0.2) is 66.0 Å². The molecule has 154 valence electrons. The molecule has 0 spiro atoms. The zero-order valence-corrected chi connectivity index (χ0v) is 17.7. The van der Waals surface area contributed by atoms with Gasteiger partial charge in [0, 0.05) is 23.5 Å². The molecule has 5 nitrogen and oxygen atoms in total. The van der Waals surface area contributed by atoms with Crippen molar-refractivity contribution in [1.82, 2.24) is 4.90 Å². The van der Waals surface area contributed by atoms with Crippen molar-refractivity contribution in [3.05, 3.63) is 77.2 Å². The predicted molar refractivity (Wildman–Crippen MR) is 119 cm³/mol. The van der Waals surface area contributed by atoms with E-state index >= 15 is 0 Å². The summed E-state index contributed by atoms with van der Waals surface area (Å²) in [7, 11) is 1.57. The van der Waals surface area contributed by atoms with Crippen LogP contribution in [-0.4, -0.2) is 36.9 Å². The molecule has 2 heterocycles. The molecule has 2 aromatic carbocycles. The minimum absolute atomic E-state index is 0.108. The number of likely N-dealkylation sites (tertiary alicyclic amines) is 1. The predicted octanol–water partition coefficient (Wildman–Crippen LogP) is 3.98. The first kappa shape index (κ1) is 20.2. The Balaban J connectivity index is 1.60. The van der Waals surface area contributed by atoms with Gasteiger partial charge in [-0.3, -0.25) is 9.59 Å². The average molecular weight is 421 g/mol. The summed E-state index contributed by atoms with van der Waals surface area (Å²) in [5.41, 5.74) is 7.87. The number of primary amides is 1. The zero-order chi connectivity index (χ0) is 21.1. The summed E-state index contributed by atoms with van der Waals surface area (Å²) in [4.78, 5) is 28.5. The average Bonchev–Trinajstić information content (AvgIpc) is 3.45. The molecular weight excluding hydrogens is 396 g/mol. The van der Waals surface area contributed by atoms with Crippen LogP contribution in [-0.2, 0) is 11.2 Å². The second-order valence-corrected chi connectivity index (χ2v) is 8.61. The van der Waals surface area contributed by atoms with Crippen molar-refractivity contribution in [2.24, 2.45) is 11.1 Å². The molecule has 2 amide bonds. The number of carbonyl (C=O) groups excluding carboxylic acids is 2. The third-order valence-corrected chi connectivity index (χ3v) is 6.72. The van der Waals surface area contributed by atoms with Gasteiger partial charge in [-0.05, 0) is 53.6 Å². The summed E-state index contributed by atoms with van der Waals surface area (Å²) in [6.07, 6.45) is 1.06. The fourth-order valence-corrected chi connectivity index (χ4v) is 4.92. The Kier molecular flexibility index (Phi) is 5.59. The molecule has 1 aromatic heterocycles. The number of nitrogens with two attached hydrogens (primary N) is 1. The second-order valence-electron chi connectivity index (χ2n) is 7.66. The maximum atomic E-state index is 13.1. The summed E-state index contributed by atoms with van der Waals surface area (Å²) in [5, 5.41) is 2.04. The van der Waals surface area contributed by atoms with E-state index in [9.17, 15) is 9.59 Å². The Hall–Kier alpha value is -3.12. The molecular formula is C24H24N2O3S. The van der Waals surface area contributed by atoms with Crippen molar-refractivity contribution in [2.75, 3.05) is 20.2 Å². The van der Waals surface area contributed by atoms with E-state index in [-0.39, 0.29) is 11.8 Å². The van der Waals surface area contributed by atoms with E-state index in [1.54, 1.807) is 47.6 Å². The van der Waals surface area contributed by atoms with E-state index in [4.69, 9.17) is 10.5 Å². The molecule has 0 saturated carbocycles. The molecule has 1 aliphatic heterocycles. The Labute approximate surface area is 180 Å². The smallest absolute Gasteiger partial charge is 0.254 e. The molecule has 4 rings (SSSR count). The number of hydrogen-bond donors (Lipinski definition) is 1. The SMILES string of the molecule is COc1cccc(C(=O)N2CCC(Cc3ccccc3-c3cccs3)(C(N)=O)C2)c1. The van der Waals surface area contributed by atoms with Gasteiger partial charge in [-0.2, -0.15) is 0 Å². The molecule has 6 heteroatoms. The van der Waals surface area contributed by atoms with E-state index in [2.05, 4.69) is 12.1 Å². The fraction of sp³-hybridized carbons (Fsp3) is 0.250. The zero-order valence-electron chi connectivity index (χ0n) is 16.8. The van der Waals surface area contributed by atoms with Crippen LogP contribution >= 0.6 is 11.3 Å². The number of benzene rings is 2. The summed E-state index contributed by atoms with van der Waals surface area (Å²) in [5.74, 6) is 0.166. The van der Waals surface area contributed by atoms with E-state index in [0.29, 0.717) is 37.2 Å². The summed E-state index contributed by atoms with van der Waals surface area (Å²) in [6.45, 7) is 0.817. The molecule has 1 fully saturated rings. The topological polar surface area (TPSA) is 72.6 Å². The second kappa shape index (κ2) is 8.32. The van der Waals surface area contributed by atoms with E-state index < -0.39 is 5.41 Å². The number of rotatable bonds is 6. The van der Waals surface area contributed by atoms with Gasteiger partial charge in [-0.1, -0.05) is 36.4 Å². The molecule has 3 aromatic rings. The van der Waals surface area contributed by atoms with Gasteiger partial charge in [-0.15, -0.1) is 11.3 Å². The highest BCUT2D eigenvalue weighted by molar-refractivity contribution is 7.13. The van der Waals surface area contributed by atoms with Gasteiger partial charge in [0.05, 0.1) is 12.5 Å². The van der Waals surface area contributed by atoms with E-state index in [1.807, 2.05) is 29.6 Å². The lowest BCUT2D eigenvalue weighted by atomic mass is 9.79. The van der Waals surface area contributed by atoms with Crippen LogP contribution in [0.3, 0.4) is 0 Å². The Morgan fingerprint density at radius 3 is 2.70 bits per heavy atom. The molecule has 2 N–H and O–H groups in total. The highest BCUT2D eigenvalue weighted by atomic mass is 32.1. The standard InChI is InChI=1S/C24H24N2O3S/c1-29-19-8-4-7-17(14-19)22(27)26-12-11-24(16-26,23(25)28)15-18-6-2-3-9-20(18)21-10-5-13-30-21/h2-10,13-14H,11-12,15-16H2,1H3,(H2,25,28). The maximum Gasteiger partial charge on any atom is 0.254 e. The molecule has 1 unspecified atom stereocenters. The minimum Gasteiger partial charge on any atom is -0.497 e. The van der Waals surface area contributed by atoms with Gasteiger partial charge in [0.15, 0.2) is 0 Å². The largest absolute Gasteiger partial charge is 0.497 e. The monoisotopic (exact) mass is 420 g/mol. The Bertz CT molecular complexity index is 1060. The van der Waals surface area contributed by atoms with Crippen molar-refractivity contribution in [3.8, 4) is 16.2 Å². The molecule has 0 aliphatic carbocycles. The first-order valence-corrected chi connectivity index (χ1v) is 10.8. The van der Waals surface area contributed by atoms with Crippen LogP contribution in [0.25, 0.3) is 10.4 Å². The van der Waals surface area contributed by atoms with Gasteiger partial charge >= 0.3 is 0 Å². The molecule has 0 radical (unpaired) electrons. The van der Waals surface area contributed by atoms with Gasteiger partial charge in [0.25, 0.3) is 5.91 Å². The summed E-state index contributed by atoms with van der Waals surface area (Å²) >= 11 is 1.67. The lowest BCUT2D eigenvalue weighted by molar-refractivity contribution is -0.126. The quantitative estimate of drug-likeness (QED) is 0.655. The number of methoxy groups -OCH3 is 1. The number of hydrogen-bond acceptors (Lipinski definition) is 4. The molecule has 1 atom stereocenters. The van der Waals surface area contributed by atoms with Crippen LogP contribution in [0, 0.1) is 5.41 Å². The van der Waals surface area contributed by atoms with Crippen molar-refractivity contribution in [2.45, 2.75) is 12.8 Å². The van der Waals surface area contributed by atoms with Crippen molar-refractivity contribution < 1.29 is 14.3 Å². The van der Waals surface area contributed by atoms with Crippen molar-refractivity contribution in [3.63, 3.8) is 0 Å². The molecule has 0 bridgehead atoms. The number of thiophene rings is 1. The third kappa shape index (κ3) is 3.83. The van der Waals surface area contributed by atoms with E-state index in [1.165, 1.54) is 0 Å². The van der Waals surface area contributed by atoms with Gasteiger partial charge in [0.2, 0.25) is 5.91 Å². The van der Waals surface area contributed by atoms with Gasteiger partial charge in [0.1, 0.15) is 5.75 Å². The molecule has 30 heavy (non-hydrogen) atoms. The van der Waals surface area contributed by atoms with Crippen LogP contribution in [0.4, 0.5) is 0 Å². The Morgan fingerprint density at radius 1 is 1.13 bits per heavy atom. The number of amides is 2. The van der Waals surface area contributed by atoms with Gasteiger partial charge in [-0.25, -0.2) is 0 Å². The normalized spacial score (nSPS) is 18.4. The third-order valence-electron chi connectivity index (χ3n) is 5.81. The van der Waals surface area contributed by atoms with Crippen LogP contribution < -0.4 is 10.5 Å². The minimum atomic E-state index is -0.776. The lowest BCUT2D eigenvalue weighted by Crippen LogP contribution is -2.42. The van der Waals surface area contributed by atoms with Crippen molar-refractivity contribution in [1.29, 1.82) is 0 Å². The van der Waals surface area contributed by atoms with Crippen LogP contribution in [0.1, 0.15) is 22.3 Å². The molecule has 1 aliphatic rings. The highest BCUT2D eigenvalue weighted by Gasteiger charge is 2.45. The first-order chi connectivity index (χ1) is 14.5. The Morgan fingerprint density at radius 2 is 1.97 bits per heavy atom. The number of carbonyl (C=O) groups is 2. The van der Waals surface area contributed by atoms with Crippen molar-refractivity contribution >= 4 is 23.2 Å².